The van der Waals surface area contributed by atoms with E-state index in [9.17, 15) is 4.79 Å². The first kappa shape index (κ1) is 8.27. The SMILES string of the molecule is CSc1cccc(C(C)=O)n1. The van der Waals surface area contributed by atoms with Gasteiger partial charge in [-0.2, -0.15) is 0 Å². The van der Waals surface area contributed by atoms with Gasteiger partial charge in [0.25, 0.3) is 0 Å². The average molecular weight is 167 g/mol. The molecule has 3 heteroatoms. The van der Waals surface area contributed by atoms with E-state index in [4.69, 9.17) is 0 Å². The molecule has 1 rings (SSSR count). The van der Waals surface area contributed by atoms with Gasteiger partial charge in [0.15, 0.2) is 5.78 Å². The van der Waals surface area contributed by atoms with E-state index in [-0.39, 0.29) is 5.78 Å². The summed E-state index contributed by atoms with van der Waals surface area (Å²) in [5.41, 5.74) is 0.539. The minimum Gasteiger partial charge on any atom is -0.293 e. The Morgan fingerprint density at radius 1 is 1.55 bits per heavy atom. The number of aromatic nitrogens is 1. The van der Waals surface area contributed by atoms with Gasteiger partial charge in [-0.05, 0) is 18.4 Å². The monoisotopic (exact) mass is 167 g/mol. The van der Waals surface area contributed by atoms with Crippen LogP contribution in [0.25, 0.3) is 0 Å². The summed E-state index contributed by atoms with van der Waals surface area (Å²) < 4.78 is 0. The molecule has 58 valence electrons. The molecule has 0 aliphatic heterocycles. The summed E-state index contributed by atoms with van der Waals surface area (Å²) in [5, 5.41) is 0.887. The number of hydrogen-bond donors (Lipinski definition) is 0. The second kappa shape index (κ2) is 3.53. The molecule has 0 fully saturated rings. The van der Waals surface area contributed by atoms with Crippen LogP contribution in [0.1, 0.15) is 17.4 Å². The molecule has 0 saturated heterocycles. The van der Waals surface area contributed by atoms with Gasteiger partial charge in [-0.15, -0.1) is 11.8 Å². The van der Waals surface area contributed by atoms with Crippen LogP contribution in [0.5, 0.6) is 0 Å². The van der Waals surface area contributed by atoms with Crippen molar-refractivity contribution in [1.82, 2.24) is 4.98 Å². The molecule has 2 nitrogen and oxygen atoms in total. The molecule has 0 bridgehead atoms. The second-order valence-electron chi connectivity index (χ2n) is 2.12. The van der Waals surface area contributed by atoms with E-state index < -0.39 is 0 Å². The van der Waals surface area contributed by atoms with Gasteiger partial charge >= 0.3 is 0 Å². The Morgan fingerprint density at radius 3 is 2.82 bits per heavy atom. The number of nitrogens with zero attached hydrogens (tertiary/aromatic N) is 1. The Labute approximate surface area is 70.0 Å². The molecular weight excluding hydrogens is 158 g/mol. The predicted octanol–water partition coefficient (Wildman–Crippen LogP) is 2.01. The van der Waals surface area contributed by atoms with E-state index in [1.807, 2.05) is 18.4 Å². The summed E-state index contributed by atoms with van der Waals surface area (Å²) in [6.07, 6.45) is 1.94. The third-order valence-corrected chi connectivity index (χ3v) is 1.94. The van der Waals surface area contributed by atoms with E-state index in [0.29, 0.717) is 5.69 Å². The summed E-state index contributed by atoms with van der Waals surface area (Å²) in [6.45, 7) is 1.52. The zero-order chi connectivity index (χ0) is 8.27. The standard InChI is InChI=1S/C8H9NOS/c1-6(10)7-4-3-5-8(9-7)11-2/h3-5H,1-2H3. The second-order valence-corrected chi connectivity index (χ2v) is 2.95. The van der Waals surface area contributed by atoms with E-state index in [1.54, 1.807) is 6.07 Å². The maximum atomic E-state index is 10.8. The van der Waals surface area contributed by atoms with Crippen molar-refractivity contribution in [2.45, 2.75) is 11.9 Å². The molecule has 0 amide bonds. The van der Waals surface area contributed by atoms with Gasteiger partial charge in [-0.3, -0.25) is 4.79 Å². The lowest BCUT2D eigenvalue weighted by Crippen LogP contribution is -1.96. The minimum absolute atomic E-state index is 0.0147. The quantitative estimate of drug-likeness (QED) is 0.498. The van der Waals surface area contributed by atoms with Crippen molar-refractivity contribution in [3.8, 4) is 0 Å². The van der Waals surface area contributed by atoms with Gasteiger partial charge in [0.1, 0.15) is 5.69 Å². The summed E-state index contributed by atoms with van der Waals surface area (Å²) in [4.78, 5) is 14.9. The molecule has 11 heavy (non-hydrogen) atoms. The Kier molecular flexibility index (Phi) is 2.65. The normalized spacial score (nSPS) is 9.64. The van der Waals surface area contributed by atoms with Crippen LogP contribution in [-0.4, -0.2) is 17.0 Å². The molecule has 0 saturated carbocycles. The zero-order valence-electron chi connectivity index (χ0n) is 6.50. The number of ketones is 1. The zero-order valence-corrected chi connectivity index (χ0v) is 7.31. The first-order chi connectivity index (χ1) is 5.24. The van der Waals surface area contributed by atoms with Crippen LogP contribution in [0.3, 0.4) is 0 Å². The van der Waals surface area contributed by atoms with Crippen molar-refractivity contribution in [1.29, 1.82) is 0 Å². The van der Waals surface area contributed by atoms with Gasteiger partial charge in [-0.1, -0.05) is 6.07 Å². The highest BCUT2D eigenvalue weighted by Gasteiger charge is 1.99. The molecule has 0 atom stereocenters. The topological polar surface area (TPSA) is 30.0 Å². The molecule has 0 spiro atoms. The van der Waals surface area contributed by atoms with E-state index in [0.717, 1.165) is 5.03 Å². The summed E-state index contributed by atoms with van der Waals surface area (Å²) in [7, 11) is 0. The van der Waals surface area contributed by atoms with Crippen LogP contribution in [0.15, 0.2) is 23.2 Å². The summed E-state index contributed by atoms with van der Waals surface area (Å²) >= 11 is 1.54. The van der Waals surface area contributed by atoms with E-state index in [1.165, 1.54) is 18.7 Å². The Hall–Kier alpha value is -0.830. The smallest absolute Gasteiger partial charge is 0.178 e. The number of hydrogen-bond acceptors (Lipinski definition) is 3. The molecule has 1 aromatic heterocycles. The fourth-order valence-electron chi connectivity index (χ4n) is 0.725. The molecule has 0 N–H and O–H groups in total. The van der Waals surface area contributed by atoms with Crippen molar-refractivity contribution < 1.29 is 4.79 Å². The minimum atomic E-state index is 0.0147. The fraction of sp³-hybridized carbons (Fsp3) is 0.250. The van der Waals surface area contributed by atoms with Crippen molar-refractivity contribution in [2.24, 2.45) is 0 Å². The van der Waals surface area contributed by atoms with Gasteiger partial charge in [-0.25, -0.2) is 4.98 Å². The molecule has 1 aromatic rings. The van der Waals surface area contributed by atoms with Crippen molar-refractivity contribution in [3.63, 3.8) is 0 Å². The molecule has 0 aromatic carbocycles. The lowest BCUT2D eigenvalue weighted by atomic mass is 10.3. The van der Waals surface area contributed by atoms with E-state index in [2.05, 4.69) is 4.98 Å². The number of thioether (sulfide) groups is 1. The first-order valence-corrected chi connectivity index (χ1v) is 4.48. The highest BCUT2D eigenvalue weighted by molar-refractivity contribution is 7.98. The van der Waals surface area contributed by atoms with Gasteiger partial charge in [0.2, 0.25) is 0 Å². The molecule has 0 aliphatic carbocycles. The third kappa shape index (κ3) is 2.05. The lowest BCUT2D eigenvalue weighted by molar-refractivity contribution is 0.101. The van der Waals surface area contributed by atoms with Crippen LogP contribution in [0.4, 0.5) is 0 Å². The van der Waals surface area contributed by atoms with Crippen molar-refractivity contribution >= 4 is 17.5 Å². The maximum absolute atomic E-state index is 10.8. The van der Waals surface area contributed by atoms with Crippen LogP contribution in [0.2, 0.25) is 0 Å². The lowest BCUT2D eigenvalue weighted by Gasteiger charge is -1.96. The van der Waals surface area contributed by atoms with Gasteiger partial charge < -0.3 is 0 Å². The highest BCUT2D eigenvalue weighted by Crippen LogP contribution is 2.11. The first-order valence-electron chi connectivity index (χ1n) is 3.26. The highest BCUT2D eigenvalue weighted by atomic mass is 32.2. The molecule has 0 radical (unpaired) electrons. The largest absolute Gasteiger partial charge is 0.293 e. The number of Topliss-reactive ketones (excluding diaryl/α,β-unsaturated/α-hetero) is 1. The number of carbonyl (C=O) groups is 1. The van der Waals surface area contributed by atoms with Gasteiger partial charge in [0, 0.05) is 6.92 Å². The maximum Gasteiger partial charge on any atom is 0.178 e. The van der Waals surface area contributed by atoms with E-state index >= 15 is 0 Å². The van der Waals surface area contributed by atoms with Crippen LogP contribution in [-0.2, 0) is 0 Å². The summed E-state index contributed by atoms with van der Waals surface area (Å²) in [5.74, 6) is 0.0147. The predicted molar refractivity (Wildman–Crippen MR) is 46.0 cm³/mol. The summed E-state index contributed by atoms with van der Waals surface area (Å²) in [6, 6.07) is 5.45. The number of pyridine rings is 1. The van der Waals surface area contributed by atoms with Crippen molar-refractivity contribution in [2.75, 3.05) is 6.26 Å². The van der Waals surface area contributed by atoms with Crippen LogP contribution >= 0.6 is 11.8 Å². The third-order valence-electron chi connectivity index (χ3n) is 1.29. The fourth-order valence-corrected chi connectivity index (χ4v) is 1.13. The van der Waals surface area contributed by atoms with Crippen molar-refractivity contribution in [3.05, 3.63) is 23.9 Å². The Balaban J connectivity index is 3.01. The Morgan fingerprint density at radius 2 is 2.27 bits per heavy atom. The number of rotatable bonds is 2. The number of carbonyl (C=O) groups excluding carboxylic acids is 1. The van der Waals surface area contributed by atoms with Crippen LogP contribution in [0, 0.1) is 0 Å². The van der Waals surface area contributed by atoms with Crippen LogP contribution < -0.4 is 0 Å². The molecular formula is C8H9NOS. The molecule has 0 aliphatic rings. The molecule has 1 heterocycles. The Bertz CT molecular complexity index is 273. The van der Waals surface area contributed by atoms with Gasteiger partial charge in [0.05, 0.1) is 5.03 Å². The average Bonchev–Trinajstić information content (AvgIpc) is 2.05. The molecule has 0 unspecified atom stereocenters.